The molecule has 11 N–H and O–H groups in total. The first kappa shape index (κ1) is 45.7. The van der Waals surface area contributed by atoms with Crippen LogP contribution in [0.1, 0.15) is 99.8 Å². The van der Waals surface area contributed by atoms with Gasteiger partial charge in [-0.3, -0.25) is 0 Å². The lowest BCUT2D eigenvalue weighted by Gasteiger charge is -2.72. The molecule has 0 radical (unpaired) electrons. The summed E-state index contributed by atoms with van der Waals surface area (Å²) in [4.78, 5) is 0. The number of allylic oxidation sites excluding steroid dienone is 1. The van der Waals surface area contributed by atoms with Gasteiger partial charge in [-0.25, -0.2) is 0 Å². The first-order chi connectivity index (χ1) is 26.5. The van der Waals surface area contributed by atoms with Crippen LogP contribution in [0.15, 0.2) is 11.6 Å². The maximum absolute atomic E-state index is 12.3. The van der Waals surface area contributed by atoms with E-state index in [4.69, 9.17) is 18.9 Å². The van der Waals surface area contributed by atoms with E-state index < -0.39 is 120 Å². The highest BCUT2D eigenvalue weighted by molar-refractivity contribution is 5.22. The van der Waals surface area contributed by atoms with E-state index in [1.54, 1.807) is 0 Å². The van der Waals surface area contributed by atoms with Crippen molar-refractivity contribution >= 4 is 0 Å². The Labute approximate surface area is 336 Å². The molecule has 2 heterocycles. The van der Waals surface area contributed by atoms with Crippen molar-refractivity contribution in [1.29, 1.82) is 0 Å². The van der Waals surface area contributed by atoms with Gasteiger partial charge in [-0.2, -0.15) is 0 Å². The smallest absolute Gasteiger partial charge is 0.187 e. The van der Waals surface area contributed by atoms with Crippen LogP contribution in [0.4, 0.5) is 0 Å². The molecule has 0 bridgehead atoms. The summed E-state index contributed by atoms with van der Waals surface area (Å²) in [6.07, 6.45) is -11.4. The predicted molar refractivity (Wildman–Crippen MR) is 204 cm³/mol. The Morgan fingerprint density at radius 3 is 2.00 bits per heavy atom. The molecule has 4 aliphatic carbocycles. The van der Waals surface area contributed by atoms with Gasteiger partial charge in [0.15, 0.2) is 12.6 Å². The van der Waals surface area contributed by atoms with E-state index in [-0.39, 0.29) is 30.3 Å². The van der Waals surface area contributed by atoms with Gasteiger partial charge in [-0.15, -0.1) is 0 Å². The third-order valence-corrected chi connectivity index (χ3v) is 16.7. The minimum Gasteiger partial charge on any atom is -0.394 e. The van der Waals surface area contributed by atoms with Crippen molar-refractivity contribution in [3.05, 3.63) is 11.6 Å². The monoisotopic (exact) mass is 816 g/mol. The molecule has 4 saturated carbocycles. The highest BCUT2D eigenvalue weighted by atomic mass is 16.8. The molecule has 0 amide bonds. The van der Waals surface area contributed by atoms with Crippen molar-refractivity contribution in [2.45, 2.75) is 185 Å². The SMILES string of the molecule is C/C(=C/CC[C@](C)(O)[C@H]1CC[C@]2(C)[C@@H]1[C@H](O)C[C@@H]1[C@@]3(C)CC[C@H](O)C(C)(C)[C@@H]3[C@@H](O[C@H]3O[C@@H](CO)[C@H](O)[C@@H](O)[C@@H]3O[C@H]3O[C@@H](CO)[C@H](O)[C@@H](O)[C@@H]3O)C[C@]12C)CO. The topological polar surface area (TPSA) is 259 Å². The van der Waals surface area contributed by atoms with Crippen LogP contribution >= 0.6 is 0 Å². The average molecular weight is 817 g/mol. The second-order valence-corrected chi connectivity index (χ2v) is 20.2. The summed E-state index contributed by atoms with van der Waals surface area (Å²) in [5.74, 6) is -0.784. The van der Waals surface area contributed by atoms with Crippen molar-refractivity contribution in [2.24, 2.45) is 45.3 Å². The Kier molecular flexibility index (Phi) is 13.2. The summed E-state index contributed by atoms with van der Waals surface area (Å²) >= 11 is 0. The summed E-state index contributed by atoms with van der Waals surface area (Å²) in [6, 6.07) is 0. The molecule has 6 aliphatic rings. The zero-order valence-electron chi connectivity index (χ0n) is 34.7. The molecule has 2 saturated heterocycles. The Morgan fingerprint density at radius 1 is 0.772 bits per heavy atom. The van der Waals surface area contributed by atoms with Gasteiger partial charge in [0.1, 0.15) is 48.8 Å². The average Bonchev–Trinajstić information content (AvgIpc) is 3.54. The fourth-order valence-corrected chi connectivity index (χ4v) is 13.4. The number of aliphatic hydroxyl groups is 11. The Balaban J connectivity index is 1.38. The number of ether oxygens (including phenoxy) is 4. The zero-order chi connectivity index (χ0) is 42.2. The minimum atomic E-state index is -1.82. The molecule has 0 spiro atoms. The molecular weight excluding hydrogens is 744 g/mol. The quantitative estimate of drug-likeness (QED) is 0.0976. The molecule has 15 heteroatoms. The van der Waals surface area contributed by atoms with E-state index in [2.05, 4.69) is 20.8 Å². The van der Waals surface area contributed by atoms with Crippen molar-refractivity contribution in [2.75, 3.05) is 19.8 Å². The molecule has 21 atom stereocenters. The number of aliphatic hydroxyl groups excluding tert-OH is 10. The summed E-state index contributed by atoms with van der Waals surface area (Å²) in [7, 11) is 0. The lowest BCUT2D eigenvalue weighted by molar-refractivity contribution is -0.383. The van der Waals surface area contributed by atoms with Crippen molar-refractivity contribution < 1.29 is 75.1 Å². The first-order valence-corrected chi connectivity index (χ1v) is 21.1. The van der Waals surface area contributed by atoms with Crippen LogP contribution in [0.3, 0.4) is 0 Å². The Morgan fingerprint density at radius 2 is 1.39 bits per heavy atom. The lowest BCUT2D eigenvalue weighted by Crippen LogP contribution is -2.71. The first-order valence-electron chi connectivity index (χ1n) is 21.1. The van der Waals surface area contributed by atoms with E-state index in [0.29, 0.717) is 44.9 Å². The van der Waals surface area contributed by atoms with Crippen LogP contribution in [-0.2, 0) is 18.9 Å². The number of rotatable bonds is 11. The second-order valence-electron chi connectivity index (χ2n) is 20.2. The Hall–Kier alpha value is -0.860. The van der Waals surface area contributed by atoms with Gasteiger partial charge in [-0.05, 0) is 111 Å². The third kappa shape index (κ3) is 7.49. The molecular formula is C42H72O15. The van der Waals surface area contributed by atoms with E-state index >= 15 is 0 Å². The third-order valence-electron chi connectivity index (χ3n) is 16.7. The number of hydrogen-bond acceptors (Lipinski definition) is 15. The molecule has 6 rings (SSSR count). The van der Waals surface area contributed by atoms with Crippen LogP contribution in [0.5, 0.6) is 0 Å². The molecule has 57 heavy (non-hydrogen) atoms. The van der Waals surface area contributed by atoms with Crippen molar-refractivity contribution in [3.63, 3.8) is 0 Å². The molecule has 0 aromatic carbocycles. The standard InChI is InChI=1S/C42H72O15/c1-20(17-43)9-8-12-42(7,53)21-10-14-40(5)28(21)22(46)15-26-39(4)13-11-27(47)38(2,3)35(39)23(16-41(26,40)6)54-37-34(32(51)30(49)25(19-45)56-37)57-36-33(52)31(50)29(48)24(18-44)55-36/h9,21-37,43-53H,8,10-19H2,1-7H3/b20-9-/t21-,22+,23-,24-,25-,26+,27-,28-,29-,30-,31+,32+,33-,34-,35-,36+,37-,39+,40+,41+,42-/m0/s1. The predicted octanol–water partition coefficient (Wildman–Crippen LogP) is 0.0922. The maximum atomic E-state index is 12.3. The molecule has 6 fully saturated rings. The molecule has 2 aliphatic heterocycles. The van der Waals surface area contributed by atoms with Crippen LogP contribution in [0, 0.1) is 45.3 Å². The van der Waals surface area contributed by atoms with Crippen LogP contribution < -0.4 is 0 Å². The highest BCUT2D eigenvalue weighted by Crippen LogP contribution is 2.76. The van der Waals surface area contributed by atoms with Gasteiger partial charge in [0, 0.05) is 0 Å². The molecule has 0 aromatic heterocycles. The minimum absolute atomic E-state index is 0.0113. The van der Waals surface area contributed by atoms with Gasteiger partial charge in [0.2, 0.25) is 0 Å². The van der Waals surface area contributed by atoms with Crippen LogP contribution in [0.25, 0.3) is 0 Å². The van der Waals surface area contributed by atoms with Gasteiger partial charge >= 0.3 is 0 Å². The van der Waals surface area contributed by atoms with Gasteiger partial charge in [0.25, 0.3) is 0 Å². The van der Waals surface area contributed by atoms with Crippen molar-refractivity contribution in [3.8, 4) is 0 Å². The Bertz CT molecular complexity index is 1430. The van der Waals surface area contributed by atoms with E-state index in [9.17, 15) is 56.2 Å². The van der Waals surface area contributed by atoms with Crippen molar-refractivity contribution in [1.82, 2.24) is 0 Å². The summed E-state index contributed by atoms with van der Waals surface area (Å²) < 4.78 is 24.9. The molecule has 0 aromatic rings. The summed E-state index contributed by atoms with van der Waals surface area (Å²) in [5.41, 5.74) is -2.41. The number of hydrogen-bond donors (Lipinski definition) is 11. The zero-order valence-corrected chi connectivity index (χ0v) is 34.7. The van der Waals surface area contributed by atoms with E-state index in [0.717, 1.165) is 12.0 Å². The molecule has 15 nitrogen and oxygen atoms in total. The highest BCUT2D eigenvalue weighted by Gasteiger charge is 2.73. The van der Waals surface area contributed by atoms with E-state index in [1.165, 1.54) is 0 Å². The largest absolute Gasteiger partial charge is 0.394 e. The lowest BCUT2D eigenvalue weighted by atomic mass is 9.34. The molecule has 330 valence electrons. The fraction of sp³-hybridized carbons (Fsp3) is 0.952. The van der Waals surface area contributed by atoms with Gasteiger partial charge in [0.05, 0.1) is 43.7 Å². The maximum Gasteiger partial charge on any atom is 0.187 e. The summed E-state index contributed by atoms with van der Waals surface area (Å²) in [6.45, 7) is 13.0. The van der Waals surface area contributed by atoms with Crippen LogP contribution in [-0.4, -0.2) is 161 Å². The second kappa shape index (κ2) is 16.4. The van der Waals surface area contributed by atoms with Gasteiger partial charge in [-0.1, -0.05) is 46.3 Å². The van der Waals surface area contributed by atoms with Crippen LogP contribution in [0.2, 0.25) is 0 Å². The fourth-order valence-electron chi connectivity index (χ4n) is 13.4. The number of fused-ring (bicyclic) bond motifs is 5. The molecule has 0 unspecified atom stereocenters. The van der Waals surface area contributed by atoms with Gasteiger partial charge < -0.3 is 75.1 Å². The van der Waals surface area contributed by atoms with E-state index in [1.807, 2.05) is 33.8 Å². The summed E-state index contributed by atoms with van der Waals surface area (Å²) in [5, 5.41) is 120. The normalized spacial score (nSPS) is 52.4.